The summed E-state index contributed by atoms with van der Waals surface area (Å²) in [5.74, 6) is 4.72. The lowest BCUT2D eigenvalue weighted by Gasteiger charge is -1.93. The van der Waals surface area contributed by atoms with Gasteiger partial charge in [-0.1, -0.05) is 19.8 Å². The molecule has 0 unspecified atom stereocenters. The molecule has 62 valence electrons. The van der Waals surface area contributed by atoms with Crippen LogP contribution in [-0.2, 0) is 9.53 Å². The van der Waals surface area contributed by atoms with Crippen LogP contribution in [0.5, 0.6) is 0 Å². The van der Waals surface area contributed by atoms with E-state index in [1.807, 2.05) is 13.8 Å². The zero-order valence-corrected chi connectivity index (χ0v) is 7.14. The quantitative estimate of drug-likeness (QED) is 0.351. The Morgan fingerprint density at radius 2 is 2.09 bits per heavy atom. The van der Waals surface area contributed by atoms with Gasteiger partial charge >= 0.3 is 5.97 Å². The molecule has 0 N–H and O–H groups in total. The SMILES string of the molecule is CCCC#CC(=O)OCCC. The van der Waals surface area contributed by atoms with Gasteiger partial charge in [0.15, 0.2) is 0 Å². The Hall–Kier alpha value is -0.970. The van der Waals surface area contributed by atoms with Crippen molar-refractivity contribution in [2.24, 2.45) is 0 Å². The van der Waals surface area contributed by atoms with Crippen molar-refractivity contribution < 1.29 is 9.53 Å². The van der Waals surface area contributed by atoms with Crippen LogP contribution in [0.3, 0.4) is 0 Å². The molecule has 0 fully saturated rings. The molecule has 0 bridgehead atoms. The minimum atomic E-state index is -0.402. The highest BCUT2D eigenvalue weighted by atomic mass is 16.5. The number of carbonyl (C=O) groups excluding carboxylic acids is 1. The highest BCUT2D eigenvalue weighted by Gasteiger charge is 1.92. The molecule has 0 saturated heterocycles. The molecule has 0 amide bonds. The molecule has 0 aliphatic rings. The van der Waals surface area contributed by atoms with E-state index in [1.54, 1.807) is 0 Å². The first-order valence-electron chi connectivity index (χ1n) is 3.96. The Balaban J connectivity index is 3.45. The fourth-order valence-electron chi connectivity index (χ4n) is 0.491. The first-order chi connectivity index (χ1) is 5.31. The standard InChI is InChI=1S/C9H14O2/c1-3-5-6-7-9(10)11-8-4-2/h3-5,8H2,1-2H3. The van der Waals surface area contributed by atoms with E-state index in [0.29, 0.717) is 6.61 Å². The maximum absolute atomic E-state index is 10.7. The van der Waals surface area contributed by atoms with Gasteiger partial charge in [-0.25, -0.2) is 4.79 Å². The second-order valence-corrected chi connectivity index (χ2v) is 2.19. The zero-order chi connectivity index (χ0) is 8.53. The van der Waals surface area contributed by atoms with E-state index in [-0.39, 0.29) is 0 Å². The summed E-state index contributed by atoms with van der Waals surface area (Å²) in [4.78, 5) is 10.7. The van der Waals surface area contributed by atoms with Crippen molar-refractivity contribution in [1.82, 2.24) is 0 Å². The highest BCUT2D eigenvalue weighted by Crippen LogP contribution is 1.83. The van der Waals surface area contributed by atoms with Gasteiger partial charge < -0.3 is 4.74 Å². The summed E-state index contributed by atoms with van der Waals surface area (Å²) in [6.45, 7) is 4.44. The molecular formula is C9H14O2. The Labute approximate surface area is 67.9 Å². The lowest BCUT2D eigenvalue weighted by Crippen LogP contribution is -2.01. The van der Waals surface area contributed by atoms with Crippen molar-refractivity contribution in [2.75, 3.05) is 6.61 Å². The molecule has 0 aromatic rings. The van der Waals surface area contributed by atoms with Gasteiger partial charge in [0.1, 0.15) is 0 Å². The summed E-state index contributed by atoms with van der Waals surface area (Å²) < 4.78 is 4.73. The fraction of sp³-hybridized carbons (Fsp3) is 0.667. The van der Waals surface area contributed by atoms with Crippen molar-refractivity contribution >= 4 is 5.97 Å². The molecular weight excluding hydrogens is 140 g/mol. The maximum atomic E-state index is 10.7. The summed E-state index contributed by atoms with van der Waals surface area (Å²) >= 11 is 0. The number of ether oxygens (including phenoxy) is 1. The molecule has 11 heavy (non-hydrogen) atoms. The summed E-state index contributed by atoms with van der Waals surface area (Å²) in [6, 6.07) is 0. The monoisotopic (exact) mass is 154 g/mol. The van der Waals surface area contributed by atoms with Gasteiger partial charge in [-0.15, -0.1) is 0 Å². The summed E-state index contributed by atoms with van der Waals surface area (Å²) in [6.07, 6.45) is 2.59. The van der Waals surface area contributed by atoms with E-state index in [2.05, 4.69) is 11.8 Å². The Bertz CT molecular complexity index is 162. The van der Waals surface area contributed by atoms with Gasteiger partial charge in [-0.3, -0.25) is 0 Å². The van der Waals surface area contributed by atoms with Crippen LogP contribution in [0.1, 0.15) is 33.1 Å². The topological polar surface area (TPSA) is 26.3 Å². The Kier molecular flexibility index (Phi) is 6.51. The molecule has 0 aromatic carbocycles. The Morgan fingerprint density at radius 3 is 2.64 bits per heavy atom. The van der Waals surface area contributed by atoms with E-state index in [0.717, 1.165) is 19.3 Å². The van der Waals surface area contributed by atoms with Crippen LogP contribution in [-0.4, -0.2) is 12.6 Å². The second-order valence-electron chi connectivity index (χ2n) is 2.19. The number of esters is 1. The van der Waals surface area contributed by atoms with Crippen LogP contribution in [0.15, 0.2) is 0 Å². The fourth-order valence-corrected chi connectivity index (χ4v) is 0.491. The first kappa shape index (κ1) is 10.0. The van der Waals surface area contributed by atoms with Crippen molar-refractivity contribution in [3.63, 3.8) is 0 Å². The average Bonchev–Trinajstić information content (AvgIpc) is 2.01. The largest absolute Gasteiger partial charge is 0.456 e. The van der Waals surface area contributed by atoms with Crippen LogP contribution in [0.25, 0.3) is 0 Å². The third kappa shape index (κ3) is 6.92. The molecule has 0 aliphatic heterocycles. The third-order valence-corrected chi connectivity index (χ3v) is 1.00. The predicted octanol–water partition coefficient (Wildman–Crippen LogP) is 1.74. The number of hydrogen-bond donors (Lipinski definition) is 0. The average molecular weight is 154 g/mol. The van der Waals surface area contributed by atoms with Crippen LogP contribution >= 0.6 is 0 Å². The van der Waals surface area contributed by atoms with Crippen molar-refractivity contribution in [1.29, 1.82) is 0 Å². The van der Waals surface area contributed by atoms with Gasteiger partial charge in [0.05, 0.1) is 6.61 Å². The normalized spacial score (nSPS) is 8.18. The molecule has 0 rings (SSSR count). The van der Waals surface area contributed by atoms with Crippen LogP contribution in [0.4, 0.5) is 0 Å². The third-order valence-electron chi connectivity index (χ3n) is 1.00. The summed E-state index contributed by atoms with van der Waals surface area (Å²) in [5, 5.41) is 0. The predicted molar refractivity (Wildman–Crippen MR) is 43.9 cm³/mol. The number of unbranched alkanes of at least 4 members (excludes halogenated alkanes) is 1. The van der Waals surface area contributed by atoms with Crippen LogP contribution in [0, 0.1) is 11.8 Å². The number of hydrogen-bond acceptors (Lipinski definition) is 2. The van der Waals surface area contributed by atoms with Crippen molar-refractivity contribution in [2.45, 2.75) is 33.1 Å². The van der Waals surface area contributed by atoms with Crippen molar-refractivity contribution in [3.8, 4) is 11.8 Å². The lowest BCUT2D eigenvalue weighted by atomic mass is 10.3. The summed E-state index contributed by atoms with van der Waals surface area (Å²) in [5.41, 5.74) is 0. The van der Waals surface area contributed by atoms with Gasteiger partial charge in [-0.05, 0) is 12.8 Å². The van der Waals surface area contributed by atoms with Crippen LogP contribution in [0.2, 0.25) is 0 Å². The smallest absolute Gasteiger partial charge is 0.384 e. The molecule has 0 aromatic heterocycles. The van der Waals surface area contributed by atoms with Crippen LogP contribution < -0.4 is 0 Å². The molecule has 0 saturated carbocycles. The van der Waals surface area contributed by atoms with E-state index in [9.17, 15) is 4.79 Å². The Morgan fingerprint density at radius 1 is 1.36 bits per heavy atom. The van der Waals surface area contributed by atoms with Gasteiger partial charge in [0.2, 0.25) is 0 Å². The molecule has 2 nitrogen and oxygen atoms in total. The molecule has 2 heteroatoms. The molecule has 0 radical (unpaired) electrons. The second kappa shape index (κ2) is 7.14. The molecule has 0 atom stereocenters. The maximum Gasteiger partial charge on any atom is 0.384 e. The van der Waals surface area contributed by atoms with E-state index >= 15 is 0 Å². The zero-order valence-electron chi connectivity index (χ0n) is 7.14. The summed E-state index contributed by atoms with van der Waals surface area (Å²) in [7, 11) is 0. The van der Waals surface area contributed by atoms with Gasteiger partial charge in [0, 0.05) is 12.3 Å². The van der Waals surface area contributed by atoms with E-state index in [1.165, 1.54) is 0 Å². The van der Waals surface area contributed by atoms with Gasteiger partial charge in [-0.2, -0.15) is 0 Å². The highest BCUT2D eigenvalue weighted by molar-refractivity contribution is 5.88. The molecule has 0 spiro atoms. The minimum absolute atomic E-state index is 0.402. The minimum Gasteiger partial charge on any atom is -0.456 e. The first-order valence-corrected chi connectivity index (χ1v) is 3.96. The van der Waals surface area contributed by atoms with Crippen molar-refractivity contribution in [3.05, 3.63) is 0 Å². The number of carbonyl (C=O) groups is 1. The van der Waals surface area contributed by atoms with E-state index < -0.39 is 5.97 Å². The molecule has 0 aliphatic carbocycles. The number of rotatable bonds is 3. The lowest BCUT2D eigenvalue weighted by molar-refractivity contribution is -0.136. The van der Waals surface area contributed by atoms with E-state index in [4.69, 9.17) is 4.74 Å². The molecule has 0 heterocycles. The van der Waals surface area contributed by atoms with Gasteiger partial charge in [0.25, 0.3) is 0 Å².